The Labute approximate surface area is 145 Å². The van der Waals surface area contributed by atoms with Gasteiger partial charge < -0.3 is 15.4 Å². The molecule has 132 valence electrons. The monoisotopic (exact) mass is 330 g/mol. The fourth-order valence-electron chi connectivity index (χ4n) is 2.95. The number of hydrogen-bond donors (Lipinski definition) is 2. The number of rotatable bonds is 8. The number of urea groups is 1. The lowest BCUT2D eigenvalue weighted by molar-refractivity contribution is 0.236. The molecule has 1 aliphatic carbocycles. The highest BCUT2D eigenvalue weighted by Crippen LogP contribution is 2.25. The van der Waals surface area contributed by atoms with Gasteiger partial charge in [-0.1, -0.05) is 43.7 Å². The van der Waals surface area contributed by atoms with Crippen molar-refractivity contribution in [2.75, 3.05) is 19.7 Å². The predicted octanol–water partition coefficient (Wildman–Crippen LogP) is 4.38. The lowest BCUT2D eigenvalue weighted by Crippen LogP contribution is -2.38. The Balaban J connectivity index is 1.60. The fourth-order valence-corrected chi connectivity index (χ4v) is 2.95. The summed E-state index contributed by atoms with van der Waals surface area (Å²) < 4.78 is 5.80. The molecule has 0 saturated carbocycles. The van der Waals surface area contributed by atoms with Crippen LogP contribution in [0.4, 0.5) is 4.79 Å². The largest absolute Gasteiger partial charge is 0.491 e. The van der Waals surface area contributed by atoms with Crippen molar-refractivity contribution in [3.8, 4) is 5.75 Å². The zero-order valence-electron chi connectivity index (χ0n) is 14.9. The Morgan fingerprint density at radius 2 is 1.96 bits per heavy atom. The summed E-state index contributed by atoms with van der Waals surface area (Å²) in [6, 6.07) is 7.94. The first-order chi connectivity index (χ1) is 11.7. The van der Waals surface area contributed by atoms with Gasteiger partial charge in [0.15, 0.2) is 0 Å². The summed E-state index contributed by atoms with van der Waals surface area (Å²) in [4.78, 5) is 11.8. The molecule has 0 bridgehead atoms. The summed E-state index contributed by atoms with van der Waals surface area (Å²) in [6.45, 7) is 5.98. The quantitative estimate of drug-likeness (QED) is 0.549. The molecule has 0 aromatic heterocycles. The molecule has 0 heterocycles. The molecule has 0 unspecified atom stereocenters. The Hall–Kier alpha value is -1.97. The minimum Gasteiger partial charge on any atom is -0.491 e. The first-order valence-electron chi connectivity index (χ1n) is 9.08. The molecule has 2 N–H and O–H groups in total. The number of allylic oxidation sites excluding steroid dienone is 1. The van der Waals surface area contributed by atoms with Crippen LogP contribution in [0.3, 0.4) is 0 Å². The first kappa shape index (κ1) is 18.4. The molecule has 0 spiro atoms. The van der Waals surface area contributed by atoms with Crippen molar-refractivity contribution >= 4 is 6.03 Å². The van der Waals surface area contributed by atoms with E-state index in [2.05, 4.69) is 36.6 Å². The standard InChI is InChI=1S/C20H30N2O2/c1-16(2)18-10-6-7-11-19(18)24-15-14-22-20(23)21-13-12-17-8-4-3-5-9-17/h6-8,10-11,16H,3-5,9,12-15H2,1-2H3,(H2,21,22,23). The van der Waals surface area contributed by atoms with E-state index in [0.29, 0.717) is 25.6 Å². The number of amides is 2. The van der Waals surface area contributed by atoms with E-state index in [0.717, 1.165) is 12.2 Å². The highest BCUT2D eigenvalue weighted by atomic mass is 16.5. The molecule has 0 radical (unpaired) electrons. The van der Waals surface area contributed by atoms with Crippen LogP contribution in [0.2, 0.25) is 0 Å². The number of benzene rings is 1. The number of carbonyl (C=O) groups is 1. The van der Waals surface area contributed by atoms with E-state index >= 15 is 0 Å². The van der Waals surface area contributed by atoms with E-state index < -0.39 is 0 Å². The van der Waals surface area contributed by atoms with Gasteiger partial charge in [0.2, 0.25) is 0 Å². The molecule has 2 rings (SSSR count). The van der Waals surface area contributed by atoms with E-state index in [9.17, 15) is 4.79 Å². The van der Waals surface area contributed by atoms with Crippen LogP contribution < -0.4 is 15.4 Å². The molecule has 1 aliphatic rings. The van der Waals surface area contributed by atoms with Crippen molar-refractivity contribution in [3.63, 3.8) is 0 Å². The number of ether oxygens (including phenoxy) is 1. The number of nitrogens with one attached hydrogen (secondary N) is 2. The van der Waals surface area contributed by atoms with E-state index in [-0.39, 0.29) is 6.03 Å². The van der Waals surface area contributed by atoms with E-state index in [1.807, 2.05) is 18.2 Å². The number of carbonyl (C=O) groups excluding carboxylic acids is 1. The third kappa shape index (κ3) is 6.26. The smallest absolute Gasteiger partial charge is 0.314 e. The first-order valence-corrected chi connectivity index (χ1v) is 9.08. The molecular formula is C20H30N2O2. The molecule has 0 atom stereocenters. The SMILES string of the molecule is CC(C)c1ccccc1OCCNC(=O)NCCC1=CCCCC1. The molecule has 1 aromatic rings. The van der Waals surface area contributed by atoms with Gasteiger partial charge in [0.05, 0.1) is 6.54 Å². The van der Waals surface area contributed by atoms with Crippen LogP contribution in [0.25, 0.3) is 0 Å². The van der Waals surface area contributed by atoms with Gasteiger partial charge in [0, 0.05) is 6.54 Å². The fraction of sp³-hybridized carbons (Fsp3) is 0.550. The zero-order valence-corrected chi connectivity index (χ0v) is 14.9. The van der Waals surface area contributed by atoms with Gasteiger partial charge in [0.25, 0.3) is 0 Å². The summed E-state index contributed by atoms with van der Waals surface area (Å²) in [5.41, 5.74) is 2.68. The minimum atomic E-state index is -0.118. The van der Waals surface area contributed by atoms with Gasteiger partial charge in [-0.2, -0.15) is 0 Å². The van der Waals surface area contributed by atoms with Crippen LogP contribution in [0.1, 0.15) is 57.4 Å². The molecule has 4 heteroatoms. The Kier molecular flexibility index (Phi) is 7.66. The van der Waals surface area contributed by atoms with E-state index in [1.165, 1.54) is 36.8 Å². The van der Waals surface area contributed by atoms with Gasteiger partial charge in [-0.25, -0.2) is 4.79 Å². The third-order valence-corrected chi connectivity index (χ3v) is 4.30. The lowest BCUT2D eigenvalue weighted by atomic mass is 9.97. The maximum Gasteiger partial charge on any atom is 0.314 e. The average Bonchev–Trinajstić information content (AvgIpc) is 2.60. The summed E-state index contributed by atoms with van der Waals surface area (Å²) >= 11 is 0. The summed E-state index contributed by atoms with van der Waals surface area (Å²) in [5.74, 6) is 1.32. The van der Waals surface area contributed by atoms with Crippen molar-refractivity contribution < 1.29 is 9.53 Å². The predicted molar refractivity (Wildman–Crippen MR) is 98.6 cm³/mol. The van der Waals surface area contributed by atoms with Crippen LogP contribution in [-0.4, -0.2) is 25.7 Å². The molecule has 0 saturated heterocycles. The highest BCUT2D eigenvalue weighted by molar-refractivity contribution is 5.73. The van der Waals surface area contributed by atoms with Gasteiger partial charge in [-0.15, -0.1) is 0 Å². The average molecular weight is 330 g/mol. The zero-order chi connectivity index (χ0) is 17.2. The van der Waals surface area contributed by atoms with Crippen molar-refractivity contribution in [2.45, 2.75) is 51.9 Å². The molecule has 1 aromatic carbocycles. The maximum atomic E-state index is 11.8. The van der Waals surface area contributed by atoms with Crippen LogP contribution in [0, 0.1) is 0 Å². The number of para-hydroxylation sites is 1. The van der Waals surface area contributed by atoms with Crippen LogP contribution in [0.5, 0.6) is 5.75 Å². The summed E-state index contributed by atoms with van der Waals surface area (Å²) in [6.07, 6.45) is 8.25. The van der Waals surface area contributed by atoms with Gasteiger partial charge in [-0.3, -0.25) is 0 Å². The van der Waals surface area contributed by atoms with Gasteiger partial charge in [-0.05, 0) is 49.7 Å². The van der Waals surface area contributed by atoms with Crippen molar-refractivity contribution in [3.05, 3.63) is 41.5 Å². The Bertz CT molecular complexity index is 552. The third-order valence-electron chi connectivity index (χ3n) is 4.30. The van der Waals surface area contributed by atoms with Crippen molar-refractivity contribution in [1.82, 2.24) is 10.6 Å². The maximum absolute atomic E-state index is 11.8. The molecule has 24 heavy (non-hydrogen) atoms. The number of hydrogen-bond acceptors (Lipinski definition) is 2. The second-order valence-corrected chi connectivity index (χ2v) is 6.58. The lowest BCUT2D eigenvalue weighted by Gasteiger charge is -2.15. The van der Waals surface area contributed by atoms with E-state index in [4.69, 9.17) is 4.74 Å². The van der Waals surface area contributed by atoms with Crippen LogP contribution >= 0.6 is 0 Å². The minimum absolute atomic E-state index is 0.118. The molecular weight excluding hydrogens is 300 g/mol. The summed E-state index contributed by atoms with van der Waals surface area (Å²) in [7, 11) is 0. The molecule has 0 aliphatic heterocycles. The molecule has 2 amide bonds. The normalized spacial score (nSPS) is 14.2. The molecule has 0 fully saturated rings. The van der Waals surface area contributed by atoms with Crippen molar-refractivity contribution in [1.29, 1.82) is 0 Å². The van der Waals surface area contributed by atoms with E-state index in [1.54, 1.807) is 0 Å². The second kappa shape index (κ2) is 10.0. The molecule has 4 nitrogen and oxygen atoms in total. The Morgan fingerprint density at radius 1 is 1.17 bits per heavy atom. The topological polar surface area (TPSA) is 50.4 Å². The van der Waals surface area contributed by atoms with Crippen LogP contribution in [0.15, 0.2) is 35.9 Å². The second-order valence-electron chi connectivity index (χ2n) is 6.58. The highest BCUT2D eigenvalue weighted by Gasteiger charge is 2.07. The van der Waals surface area contributed by atoms with Crippen molar-refractivity contribution in [2.24, 2.45) is 0 Å². The van der Waals surface area contributed by atoms with Crippen LogP contribution in [-0.2, 0) is 0 Å². The Morgan fingerprint density at radius 3 is 2.71 bits per heavy atom. The van der Waals surface area contributed by atoms with Gasteiger partial charge >= 0.3 is 6.03 Å². The van der Waals surface area contributed by atoms with Gasteiger partial charge in [0.1, 0.15) is 12.4 Å². The summed E-state index contributed by atoms with van der Waals surface area (Å²) in [5, 5.41) is 5.76.